The predicted molar refractivity (Wildman–Crippen MR) is 80.2 cm³/mol. The van der Waals surface area contributed by atoms with E-state index < -0.39 is 17.2 Å². The first-order chi connectivity index (χ1) is 8.26. The molecule has 0 aliphatic carbocycles. The summed E-state index contributed by atoms with van der Waals surface area (Å²) >= 11 is 0. The summed E-state index contributed by atoms with van der Waals surface area (Å²) in [6.07, 6.45) is 6.75. The van der Waals surface area contributed by atoms with Gasteiger partial charge in [0.15, 0.2) is 0 Å². The number of hydrogen-bond donors (Lipinski definition) is 1. The normalized spacial score (nSPS) is 15.3. The Morgan fingerprint density at radius 3 is 1.28 bits per heavy atom. The molecule has 0 aromatic carbocycles. The fourth-order valence-corrected chi connectivity index (χ4v) is 12.5. The summed E-state index contributed by atoms with van der Waals surface area (Å²) in [5.41, 5.74) is 0. The molecule has 0 atom stereocenters. The summed E-state index contributed by atoms with van der Waals surface area (Å²) in [6.45, 7) is 5.40. The second-order valence-electron chi connectivity index (χ2n) is 5.25. The van der Waals surface area contributed by atoms with Crippen LogP contribution in [-0.2, 0) is 14.4 Å². The molecule has 0 aromatic rings. The zero-order valence-electron chi connectivity index (χ0n) is 12.2. The summed E-state index contributed by atoms with van der Waals surface area (Å²) in [6, 6.07) is 0. The van der Waals surface area contributed by atoms with Crippen molar-refractivity contribution in [2.24, 2.45) is 0 Å². The van der Waals surface area contributed by atoms with E-state index >= 15 is 0 Å². The van der Waals surface area contributed by atoms with Crippen LogP contribution < -0.4 is 0 Å². The van der Waals surface area contributed by atoms with E-state index in [2.05, 4.69) is 27.7 Å². The van der Waals surface area contributed by atoms with Gasteiger partial charge in [-0.05, 0) is 0 Å². The molecule has 0 aliphatic heterocycles. The van der Waals surface area contributed by atoms with Crippen molar-refractivity contribution >= 4 is 17.2 Å². The van der Waals surface area contributed by atoms with E-state index in [0.717, 1.165) is 50.3 Å². The van der Waals surface area contributed by atoms with Gasteiger partial charge in [0.2, 0.25) is 0 Å². The molecule has 0 radical (unpaired) electrons. The topological polar surface area (TPSA) is 63.6 Å². The van der Waals surface area contributed by atoms with Gasteiger partial charge in [-0.3, -0.25) is 0 Å². The molecule has 0 aliphatic rings. The summed E-state index contributed by atoms with van der Waals surface area (Å²) in [5.74, 6) is 0. The first kappa shape index (κ1) is 18.3. The quantitative estimate of drug-likeness (QED) is 0.490. The van der Waals surface area contributed by atoms with Gasteiger partial charge >= 0.3 is 112 Å². The average Bonchev–Trinajstić information content (AvgIpc) is 2.15. The molecule has 18 heavy (non-hydrogen) atoms. The van der Waals surface area contributed by atoms with E-state index in [1.54, 1.807) is 0 Å². The van der Waals surface area contributed by atoms with Gasteiger partial charge in [0.1, 0.15) is 0 Å². The minimum absolute atomic E-state index is 0.793. The maximum atomic E-state index is 11.3. The molecule has 0 bridgehead atoms. The molecule has 4 nitrogen and oxygen atoms in total. The third-order valence-corrected chi connectivity index (χ3v) is 12.2. The Morgan fingerprint density at radius 2 is 1.11 bits per heavy atom. The number of hydrogen-bond acceptors (Lipinski definition) is 3. The second-order valence-corrected chi connectivity index (χ2v) is 12.2. The standard InChI is InChI=1S/C12H29O4PS/c1-5-9-17(10-6-2,11-7-3,12-8-4)16-18(13,14)15/h5-12H2,1-4H3,(H,13,14,15). The molecule has 0 heterocycles. The van der Waals surface area contributed by atoms with E-state index in [4.69, 9.17) is 3.97 Å². The van der Waals surface area contributed by atoms with Gasteiger partial charge in [-0.15, -0.1) is 0 Å². The van der Waals surface area contributed by atoms with Crippen molar-refractivity contribution in [1.29, 1.82) is 0 Å². The molecule has 0 unspecified atom stereocenters. The Hall–Kier alpha value is 0.300. The van der Waals surface area contributed by atoms with Crippen molar-refractivity contribution in [1.82, 2.24) is 0 Å². The van der Waals surface area contributed by atoms with Gasteiger partial charge < -0.3 is 0 Å². The molecule has 1 N–H and O–H groups in total. The van der Waals surface area contributed by atoms with Gasteiger partial charge in [-0.25, -0.2) is 0 Å². The Morgan fingerprint density at radius 1 is 0.833 bits per heavy atom. The van der Waals surface area contributed by atoms with Crippen LogP contribution in [0.1, 0.15) is 53.4 Å². The van der Waals surface area contributed by atoms with Crippen molar-refractivity contribution in [3.63, 3.8) is 0 Å². The van der Waals surface area contributed by atoms with Gasteiger partial charge in [-0.1, -0.05) is 0 Å². The van der Waals surface area contributed by atoms with Gasteiger partial charge in [0, 0.05) is 0 Å². The zero-order valence-corrected chi connectivity index (χ0v) is 13.9. The molecular formula is C12H29O4PS. The van der Waals surface area contributed by atoms with E-state index in [1.165, 1.54) is 0 Å². The first-order valence-electron chi connectivity index (χ1n) is 6.96. The Labute approximate surface area is 112 Å². The molecule has 6 heteroatoms. The van der Waals surface area contributed by atoms with Crippen LogP contribution in [0.15, 0.2) is 0 Å². The van der Waals surface area contributed by atoms with Gasteiger partial charge in [0.25, 0.3) is 0 Å². The average molecular weight is 300 g/mol. The Balaban J connectivity index is 5.61. The van der Waals surface area contributed by atoms with Crippen molar-refractivity contribution in [3.8, 4) is 0 Å². The summed E-state index contributed by atoms with van der Waals surface area (Å²) in [5, 5.41) is 0. The van der Waals surface area contributed by atoms with Gasteiger partial charge in [0.05, 0.1) is 0 Å². The molecule has 0 spiro atoms. The van der Waals surface area contributed by atoms with E-state index in [0.29, 0.717) is 0 Å². The zero-order chi connectivity index (χ0) is 14.3. The molecule has 0 rings (SSSR count). The molecule has 0 aromatic heterocycles. The van der Waals surface area contributed by atoms with Crippen LogP contribution in [0.2, 0.25) is 0 Å². The summed E-state index contributed by atoms with van der Waals surface area (Å²) in [7, 11) is -4.37. The fraction of sp³-hybridized carbons (Fsp3) is 1.00. The van der Waals surface area contributed by atoms with E-state index in [1.807, 2.05) is 0 Å². The molecule has 0 fully saturated rings. The van der Waals surface area contributed by atoms with Crippen molar-refractivity contribution in [2.75, 3.05) is 24.6 Å². The van der Waals surface area contributed by atoms with Gasteiger partial charge in [-0.2, -0.15) is 0 Å². The molecule has 0 amide bonds. The second kappa shape index (κ2) is 7.18. The minimum atomic E-state index is -4.37. The van der Waals surface area contributed by atoms with Crippen LogP contribution in [0.3, 0.4) is 0 Å². The third-order valence-electron chi connectivity index (χ3n) is 3.46. The summed E-state index contributed by atoms with van der Waals surface area (Å²) < 4.78 is 37.3. The van der Waals surface area contributed by atoms with E-state index in [9.17, 15) is 13.0 Å². The van der Waals surface area contributed by atoms with Crippen LogP contribution in [0.5, 0.6) is 0 Å². The monoisotopic (exact) mass is 300 g/mol. The molecule has 0 saturated heterocycles. The van der Waals surface area contributed by atoms with Crippen LogP contribution in [0, 0.1) is 0 Å². The summed E-state index contributed by atoms with van der Waals surface area (Å²) in [4.78, 5) is 0. The fourth-order valence-electron chi connectivity index (χ4n) is 3.35. The van der Waals surface area contributed by atoms with E-state index in [-0.39, 0.29) is 0 Å². The SMILES string of the molecule is CCCP(CCC)(CCC)(CCC)OS(=O)(=O)O. The van der Waals surface area contributed by atoms with Crippen LogP contribution in [0.25, 0.3) is 0 Å². The first-order valence-corrected chi connectivity index (χ1v) is 11.2. The Kier molecular flexibility index (Phi) is 7.30. The van der Waals surface area contributed by atoms with Crippen LogP contribution in [-0.4, -0.2) is 37.6 Å². The van der Waals surface area contributed by atoms with Crippen molar-refractivity contribution in [3.05, 3.63) is 0 Å². The maximum absolute atomic E-state index is 11.3. The third kappa shape index (κ3) is 5.12. The van der Waals surface area contributed by atoms with Crippen molar-refractivity contribution < 1.29 is 16.9 Å². The Bertz CT molecular complexity index is 304. The van der Waals surface area contributed by atoms with Crippen LogP contribution >= 0.6 is 6.83 Å². The number of rotatable bonds is 10. The van der Waals surface area contributed by atoms with Crippen LogP contribution in [0.4, 0.5) is 0 Å². The molecule has 0 saturated carbocycles. The predicted octanol–water partition coefficient (Wildman–Crippen LogP) is 3.91. The molecule has 112 valence electrons. The van der Waals surface area contributed by atoms with Crippen molar-refractivity contribution in [2.45, 2.75) is 53.4 Å². The molecular weight excluding hydrogens is 271 g/mol.